The van der Waals surface area contributed by atoms with E-state index in [0.717, 1.165) is 30.4 Å². The minimum atomic E-state index is -0.510. The molecule has 1 aromatic rings. The van der Waals surface area contributed by atoms with Gasteiger partial charge in [-0.1, -0.05) is 13.8 Å². The summed E-state index contributed by atoms with van der Waals surface area (Å²) in [7, 11) is 3.04. The van der Waals surface area contributed by atoms with Crippen molar-refractivity contribution in [3.05, 3.63) is 26.4 Å². The summed E-state index contributed by atoms with van der Waals surface area (Å²) >= 11 is 0. The molecule has 0 amide bonds. The Bertz CT molecular complexity index is 693. The normalized spacial score (nSPS) is 18.9. The highest BCUT2D eigenvalue weighted by Gasteiger charge is 2.30. The largest absolute Gasteiger partial charge is 0.353 e. The van der Waals surface area contributed by atoms with Gasteiger partial charge in [-0.2, -0.15) is 5.26 Å². The van der Waals surface area contributed by atoms with Crippen LogP contribution in [0.1, 0.15) is 38.7 Å². The first kappa shape index (κ1) is 15.4. The molecule has 1 unspecified atom stereocenters. The van der Waals surface area contributed by atoms with Crippen LogP contribution in [0.2, 0.25) is 0 Å². The Hall–Kier alpha value is -2.03. The van der Waals surface area contributed by atoms with Crippen molar-refractivity contribution in [2.75, 3.05) is 11.4 Å². The summed E-state index contributed by atoms with van der Waals surface area (Å²) in [6, 6.07) is 2.25. The summed E-state index contributed by atoms with van der Waals surface area (Å²) in [4.78, 5) is 26.5. The quantitative estimate of drug-likeness (QED) is 0.813. The van der Waals surface area contributed by atoms with Crippen molar-refractivity contribution in [3.8, 4) is 6.07 Å². The lowest BCUT2D eigenvalue weighted by Crippen LogP contribution is -2.49. The fourth-order valence-electron chi connectivity index (χ4n) is 3.18. The molecule has 0 bridgehead atoms. The molecule has 0 aliphatic carbocycles. The van der Waals surface area contributed by atoms with Gasteiger partial charge in [0.05, 0.1) is 0 Å². The van der Waals surface area contributed by atoms with E-state index in [0.29, 0.717) is 11.7 Å². The SMILES string of the molecule is CC(C)C1CCCCN1c1c(C#N)c(=O)n(C)c(=O)n1C. The molecule has 2 rings (SSSR count). The Labute approximate surface area is 124 Å². The predicted octanol–water partition coefficient (Wildman–Crippen LogP) is 0.971. The molecular weight excluding hydrogens is 268 g/mol. The number of hydrogen-bond donors (Lipinski definition) is 0. The second-order valence-corrected chi connectivity index (χ2v) is 6.02. The van der Waals surface area contributed by atoms with Crippen molar-refractivity contribution >= 4 is 5.82 Å². The van der Waals surface area contributed by atoms with Gasteiger partial charge in [0.2, 0.25) is 0 Å². The summed E-state index contributed by atoms with van der Waals surface area (Å²) in [6.07, 6.45) is 3.17. The van der Waals surface area contributed by atoms with E-state index in [1.165, 1.54) is 11.6 Å². The van der Waals surface area contributed by atoms with Gasteiger partial charge in [0.15, 0.2) is 5.56 Å². The van der Waals surface area contributed by atoms with E-state index in [-0.39, 0.29) is 17.3 Å². The molecule has 1 saturated heterocycles. The number of anilines is 1. The lowest BCUT2D eigenvalue weighted by Gasteiger charge is -2.40. The molecule has 1 aromatic heterocycles. The first-order valence-electron chi connectivity index (χ1n) is 7.37. The first-order chi connectivity index (χ1) is 9.90. The summed E-state index contributed by atoms with van der Waals surface area (Å²) in [5.41, 5.74) is -0.835. The van der Waals surface area contributed by atoms with Crippen LogP contribution in [-0.2, 0) is 14.1 Å². The molecule has 114 valence electrons. The molecule has 0 radical (unpaired) electrons. The van der Waals surface area contributed by atoms with Crippen molar-refractivity contribution < 1.29 is 0 Å². The van der Waals surface area contributed by atoms with Crippen molar-refractivity contribution in [1.82, 2.24) is 9.13 Å². The maximum Gasteiger partial charge on any atom is 0.332 e. The van der Waals surface area contributed by atoms with E-state index in [4.69, 9.17) is 0 Å². The highest BCUT2D eigenvalue weighted by Crippen LogP contribution is 2.29. The predicted molar refractivity (Wildman–Crippen MR) is 81.5 cm³/mol. The average Bonchev–Trinajstić information content (AvgIpc) is 2.48. The number of nitrogens with zero attached hydrogens (tertiary/aromatic N) is 4. The Morgan fingerprint density at radius 3 is 2.43 bits per heavy atom. The van der Waals surface area contributed by atoms with E-state index in [1.54, 1.807) is 7.05 Å². The van der Waals surface area contributed by atoms with Crippen LogP contribution in [0.3, 0.4) is 0 Å². The third-order valence-electron chi connectivity index (χ3n) is 4.34. The van der Waals surface area contributed by atoms with E-state index >= 15 is 0 Å². The topological polar surface area (TPSA) is 71.0 Å². The highest BCUT2D eigenvalue weighted by atomic mass is 16.2. The molecule has 21 heavy (non-hydrogen) atoms. The number of nitriles is 1. The lowest BCUT2D eigenvalue weighted by molar-refractivity contribution is 0.368. The number of rotatable bonds is 2. The zero-order valence-electron chi connectivity index (χ0n) is 13.1. The molecule has 6 nitrogen and oxygen atoms in total. The number of aromatic nitrogens is 2. The molecule has 1 aliphatic heterocycles. The van der Waals surface area contributed by atoms with Crippen LogP contribution < -0.4 is 16.1 Å². The molecule has 1 fully saturated rings. The van der Waals surface area contributed by atoms with E-state index in [9.17, 15) is 14.9 Å². The zero-order chi connectivity index (χ0) is 15.7. The molecule has 0 N–H and O–H groups in total. The van der Waals surface area contributed by atoms with Gasteiger partial charge in [0.1, 0.15) is 11.9 Å². The fourth-order valence-corrected chi connectivity index (χ4v) is 3.18. The maximum absolute atomic E-state index is 12.2. The van der Waals surface area contributed by atoms with Crippen LogP contribution >= 0.6 is 0 Å². The standard InChI is InChI=1S/C15H22N4O2/c1-10(2)12-7-5-6-8-19(12)13-11(9-16)14(20)18(4)15(21)17(13)3/h10,12H,5-8H2,1-4H3. The van der Waals surface area contributed by atoms with Crippen molar-refractivity contribution in [2.24, 2.45) is 20.0 Å². The van der Waals surface area contributed by atoms with E-state index in [1.807, 2.05) is 6.07 Å². The Morgan fingerprint density at radius 1 is 1.19 bits per heavy atom. The van der Waals surface area contributed by atoms with Gasteiger partial charge < -0.3 is 4.90 Å². The molecule has 1 aliphatic rings. The van der Waals surface area contributed by atoms with Crippen LogP contribution in [0.4, 0.5) is 5.82 Å². The smallest absolute Gasteiger partial charge is 0.332 e. The van der Waals surface area contributed by atoms with Gasteiger partial charge in [-0.15, -0.1) is 0 Å². The molecule has 0 saturated carbocycles. The minimum absolute atomic E-state index is 0.0622. The Balaban J connectivity index is 2.71. The summed E-state index contributed by atoms with van der Waals surface area (Å²) in [5, 5.41) is 9.39. The van der Waals surface area contributed by atoms with E-state index < -0.39 is 5.56 Å². The van der Waals surface area contributed by atoms with Crippen LogP contribution in [0.15, 0.2) is 9.59 Å². The third kappa shape index (κ3) is 2.48. The molecule has 2 heterocycles. The van der Waals surface area contributed by atoms with E-state index in [2.05, 4.69) is 18.7 Å². The first-order valence-corrected chi connectivity index (χ1v) is 7.37. The Kier molecular flexibility index (Phi) is 4.21. The fraction of sp³-hybridized carbons (Fsp3) is 0.667. The van der Waals surface area contributed by atoms with Gasteiger partial charge in [-0.25, -0.2) is 4.79 Å². The zero-order valence-corrected chi connectivity index (χ0v) is 13.1. The summed E-state index contributed by atoms with van der Waals surface area (Å²) < 4.78 is 2.43. The monoisotopic (exact) mass is 290 g/mol. The van der Waals surface area contributed by atoms with Gasteiger partial charge >= 0.3 is 5.69 Å². The second-order valence-electron chi connectivity index (χ2n) is 6.02. The summed E-state index contributed by atoms with van der Waals surface area (Å²) in [6.45, 7) is 5.04. The Morgan fingerprint density at radius 2 is 1.86 bits per heavy atom. The van der Waals surface area contributed by atoms with Gasteiger partial charge in [-0.05, 0) is 25.2 Å². The van der Waals surface area contributed by atoms with Gasteiger partial charge in [-0.3, -0.25) is 13.9 Å². The average molecular weight is 290 g/mol. The molecule has 0 aromatic carbocycles. The molecule has 6 heteroatoms. The summed E-state index contributed by atoms with van der Waals surface area (Å²) in [5.74, 6) is 0.875. The lowest BCUT2D eigenvalue weighted by atomic mass is 9.92. The van der Waals surface area contributed by atoms with Gasteiger partial charge in [0.25, 0.3) is 5.56 Å². The third-order valence-corrected chi connectivity index (χ3v) is 4.34. The molecular formula is C15H22N4O2. The molecule has 0 spiro atoms. The van der Waals surface area contributed by atoms with Crippen LogP contribution in [0.5, 0.6) is 0 Å². The van der Waals surface area contributed by atoms with Crippen molar-refractivity contribution in [2.45, 2.75) is 39.2 Å². The van der Waals surface area contributed by atoms with Crippen molar-refractivity contribution in [1.29, 1.82) is 5.26 Å². The minimum Gasteiger partial charge on any atom is -0.353 e. The van der Waals surface area contributed by atoms with Gasteiger partial charge in [0, 0.05) is 26.7 Å². The molecule has 1 atom stereocenters. The van der Waals surface area contributed by atoms with Crippen LogP contribution in [0, 0.1) is 17.2 Å². The maximum atomic E-state index is 12.2. The number of hydrogen-bond acceptors (Lipinski definition) is 4. The van der Waals surface area contributed by atoms with Crippen LogP contribution in [0.25, 0.3) is 0 Å². The number of piperidine rings is 1. The highest BCUT2D eigenvalue weighted by molar-refractivity contribution is 5.54. The van der Waals surface area contributed by atoms with Crippen LogP contribution in [-0.4, -0.2) is 21.7 Å². The second kappa shape index (κ2) is 5.76. The van der Waals surface area contributed by atoms with Crippen molar-refractivity contribution in [3.63, 3.8) is 0 Å².